The van der Waals surface area contributed by atoms with Crippen LogP contribution >= 0.6 is 46.1 Å². The Hall–Kier alpha value is -1.99. The molecular weight excluding hydrogens is 489 g/mol. The van der Waals surface area contributed by atoms with Crippen molar-refractivity contribution < 1.29 is 9.59 Å². The molecule has 4 rings (SSSR count). The Balaban J connectivity index is 1.46. The van der Waals surface area contributed by atoms with Gasteiger partial charge in [0.25, 0.3) is 5.91 Å². The summed E-state index contributed by atoms with van der Waals surface area (Å²) in [5.74, 6) is -0.118. The zero-order valence-electron chi connectivity index (χ0n) is 17.6. The van der Waals surface area contributed by atoms with E-state index >= 15 is 0 Å². The lowest BCUT2D eigenvalue weighted by Gasteiger charge is -2.37. The van der Waals surface area contributed by atoms with E-state index in [1.54, 1.807) is 18.2 Å². The van der Waals surface area contributed by atoms with Crippen molar-refractivity contribution in [1.29, 1.82) is 0 Å². The van der Waals surface area contributed by atoms with Crippen LogP contribution in [0.25, 0.3) is 10.1 Å². The molecule has 0 bridgehead atoms. The highest BCUT2D eigenvalue weighted by Gasteiger charge is 2.24. The lowest BCUT2D eigenvalue weighted by atomic mass is 10.1. The van der Waals surface area contributed by atoms with Crippen LogP contribution in [0.1, 0.15) is 23.5 Å². The summed E-state index contributed by atoms with van der Waals surface area (Å²) in [7, 11) is 0. The van der Waals surface area contributed by atoms with Crippen LogP contribution in [-0.2, 0) is 4.79 Å². The molecule has 168 valence electrons. The first kappa shape index (κ1) is 23.2. The van der Waals surface area contributed by atoms with Crippen molar-refractivity contribution in [3.8, 4) is 0 Å². The molecule has 2 aromatic carbocycles. The van der Waals surface area contributed by atoms with Crippen molar-refractivity contribution in [2.75, 3.05) is 36.4 Å². The summed E-state index contributed by atoms with van der Waals surface area (Å²) < 4.78 is 0.858. The van der Waals surface area contributed by atoms with Crippen molar-refractivity contribution in [2.45, 2.75) is 13.8 Å². The number of benzene rings is 2. The number of nitrogens with one attached hydrogen (secondary N) is 1. The number of piperazine rings is 1. The maximum atomic E-state index is 12.8. The number of rotatable bonds is 4. The maximum Gasteiger partial charge on any atom is 0.267 e. The van der Waals surface area contributed by atoms with E-state index in [4.69, 9.17) is 34.8 Å². The molecule has 1 aliphatic heterocycles. The third-order valence-corrected chi connectivity index (χ3v) is 7.62. The molecular formula is C23H22Cl3N3O2S. The first-order valence-corrected chi connectivity index (χ1v) is 12.2. The fourth-order valence-corrected chi connectivity index (χ4v) is 5.74. The number of carbonyl (C=O) groups is 2. The van der Waals surface area contributed by atoms with E-state index in [9.17, 15) is 9.59 Å². The molecule has 1 aromatic heterocycles. The normalized spacial score (nSPS) is 14.3. The highest BCUT2D eigenvalue weighted by molar-refractivity contribution is 7.21. The summed E-state index contributed by atoms with van der Waals surface area (Å²) >= 11 is 20.3. The number of anilines is 2. The summed E-state index contributed by atoms with van der Waals surface area (Å²) in [6, 6.07) is 10.8. The van der Waals surface area contributed by atoms with Crippen LogP contribution in [0.3, 0.4) is 0 Å². The molecule has 1 saturated heterocycles. The summed E-state index contributed by atoms with van der Waals surface area (Å²) in [5, 5.41) is 5.23. The molecule has 1 fully saturated rings. The Morgan fingerprint density at radius 3 is 2.38 bits per heavy atom. The van der Waals surface area contributed by atoms with E-state index in [1.807, 2.05) is 36.9 Å². The van der Waals surface area contributed by atoms with Gasteiger partial charge in [0.2, 0.25) is 5.91 Å². The van der Waals surface area contributed by atoms with Crippen molar-refractivity contribution in [3.63, 3.8) is 0 Å². The molecule has 0 radical (unpaired) electrons. The van der Waals surface area contributed by atoms with Crippen LogP contribution < -0.4 is 10.2 Å². The van der Waals surface area contributed by atoms with Gasteiger partial charge in [0.15, 0.2) is 0 Å². The summed E-state index contributed by atoms with van der Waals surface area (Å²) in [4.78, 5) is 29.5. The summed E-state index contributed by atoms with van der Waals surface area (Å²) in [6.07, 6.45) is 0. The van der Waals surface area contributed by atoms with Crippen molar-refractivity contribution in [3.05, 3.63) is 56.3 Å². The molecule has 32 heavy (non-hydrogen) atoms. The molecule has 3 aromatic rings. The third kappa shape index (κ3) is 4.69. The number of halogens is 3. The zero-order valence-corrected chi connectivity index (χ0v) is 20.7. The van der Waals surface area contributed by atoms with Gasteiger partial charge in [0.1, 0.15) is 4.88 Å². The second-order valence-electron chi connectivity index (χ2n) is 7.97. The fraction of sp³-hybridized carbons (Fsp3) is 0.304. The number of thiophene rings is 1. The molecule has 0 atom stereocenters. The largest absolute Gasteiger partial charge is 0.367 e. The van der Waals surface area contributed by atoms with Gasteiger partial charge in [0, 0.05) is 52.9 Å². The number of carbonyl (C=O) groups excluding carboxylic acids is 2. The maximum absolute atomic E-state index is 12.8. The molecule has 0 aliphatic carbocycles. The van der Waals surface area contributed by atoms with Gasteiger partial charge in [-0.1, -0.05) is 54.7 Å². The first-order chi connectivity index (χ1) is 15.2. The molecule has 2 heterocycles. The van der Waals surface area contributed by atoms with E-state index in [0.717, 1.165) is 15.8 Å². The standard InChI is InChI=1S/C23H22Cl3N3O2S/c1-13(2)23(31)29-9-7-28(8-10-29)18-6-4-15(12-17(18)25)27-22(30)21-20(26)16-5-3-14(24)11-19(16)32-21/h3-6,11-13H,7-10H2,1-2H3,(H,27,30). The molecule has 0 unspecified atom stereocenters. The van der Waals surface area contributed by atoms with Crippen LogP contribution in [0.5, 0.6) is 0 Å². The predicted octanol–water partition coefficient (Wildman–Crippen LogP) is 6.42. The lowest BCUT2D eigenvalue weighted by molar-refractivity contribution is -0.134. The lowest BCUT2D eigenvalue weighted by Crippen LogP contribution is -2.50. The molecule has 5 nitrogen and oxygen atoms in total. The van der Waals surface area contributed by atoms with E-state index in [2.05, 4.69) is 10.2 Å². The van der Waals surface area contributed by atoms with Gasteiger partial charge in [-0.3, -0.25) is 9.59 Å². The molecule has 9 heteroatoms. The number of hydrogen-bond donors (Lipinski definition) is 1. The first-order valence-electron chi connectivity index (χ1n) is 10.3. The van der Waals surface area contributed by atoms with E-state index in [1.165, 1.54) is 11.3 Å². The van der Waals surface area contributed by atoms with Gasteiger partial charge >= 0.3 is 0 Å². The van der Waals surface area contributed by atoms with Gasteiger partial charge in [0.05, 0.1) is 15.7 Å². The zero-order chi connectivity index (χ0) is 23.0. The molecule has 1 aliphatic rings. The highest BCUT2D eigenvalue weighted by Crippen LogP contribution is 2.37. The third-order valence-electron chi connectivity index (χ3n) is 5.43. The van der Waals surface area contributed by atoms with Gasteiger partial charge < -0.3 is 15.1 Å². The van der Waals surface area contributed by atoms with E-state index in [-0.39, 0.29) is 17.7 Å². The Morgan fingerprint density at radius 2 is 1.72 bits per heavy atom. The molecule has 2 amide bonds. The SMILES string of the molecule is CC(C)C(=O)N1CCN(c2ccc(NC(=O)c3sc4cc(Cl)ccc4c3Cl)cc2Cl)CC1. The number of hydrogen-bond acceptors (Lipinski definition) is 4. The smallest absolute Gasteiger partial charge is 0.267 e. The minimum atomic E-state index is -0.294. The average Bonchev–Trinajstić information content (AvgIpc) is 3.09. The number of amides is 2. The van der Waals surface area contributed by atoms with Gasteiger partial charge in [-0.05, 0) is 30.3 Å². The van der Waals surface area contributed by atoms with E-state index < -0.39 is 0 Å². The van der Waals surface area contributed by atoms with Gasteiger partial charge in [-0.15, -0.1) is 11.3 Å². The van der Waals surface area contributed by atoms with Gasteiger partial charge in [-0.25, -0.2) is 0 Å². The predicted molar refractivity (Wildman–Crippen MR) is 135 cm³/mol. The Labute approximate surface area is 205 Å². The summed E-state index contributed by atoms with van der Waals surface area (Å²) in [6.45, 7) is 6.59. The van der Waals surface area contributed by atoms with E-state index in [0.29, 0.717) is 51.8 Å². The Bertz CT molecular complexity index is 1190. The van der Waals surface area contributed by atoms with Crippen LogP contribution in [0.2, 0.25) is 15.1 Å². The van der Waals surface area contributed by atoms with Crippen molar-refractivity contribution >= 4 is 79.4 Å². The van der Waals surface area contributed by atoms with Crippen LogP contribution in [0, 0.1) is 5.92 Å². The average molecular weight is 511 g/mol. The van der Waals surface area contributed by atoms with Crippen LogP contribution in [0.15, 0.2) is 36.4 Å². The van der Waals surface area contributed by atoms with Crippen molar-refractivity contribution in [1.82, 2.24) is 4.90 Å². The minimum absolute atomic E-state index is 0.000500. The quantitative estimate of drug-likeness (QED) is 0.441. The monoisotopic (exact) mass is 509 g/mol. The second-order valence-corrected chi connectivity index (χ2v) is 10.2. The van der Waals surface area contributed by atoms with Crippen LogP contribution in [-0.4, -0.2) is 42.9 Å². The summed E-state index contributed by atoms with van der Waals surface area (Å²) in [5.41, 5.74) is 1.47. The highest BCUT2D eigenvalue weighted by atomic mass is 35.5. The molecule has 0 saturated carbocycles. The topological polar surface area (TPSA) is 52.7 Å². The Morgan fingerprint density at radius 1 is 1.00 bits per heavy atom. The van der Waals surface area contributed by atoms with Gasteiger partial charge in [-0.2, -0.15) is 0 Å². The minimum Gasteiger partial charge on any atom is -0.367 e. The molecule has 1 N–H and O–H groups in total. The van der Waals surface area contributed by atoms with Crippen LogP contribution in [0.4, 0.5) is 11.4 Å². The van der Waals surface area contributed by atoms with Crippen molar-refractivity contribution in [2.24, 2.45) is 5.92 Å². The molecule has 0 spiro atoms. The number of fused-ring (bicyclic) bond motifs is 1. The fourth-order valence-electron chi connectivity index (χ4n) is 3.75. The Kier molecular flexibility index (Phi) is 6.86. The second kappa shape index (κ2) is 9.48. The number of nitrogens with zero attached hydrogens (tertiary/aromatic N) is 2.